The van der Waals surface area contributed by atoms with Gasteiger partial charge in [-0.15, -0.1) is 0 Å². The summed E-state index contributed by atoms with van der Waals surface area (Å²) in [7, 11) is -3.02. The lowest BCUT2D eigenvalue weighted by Crippen LogP contribution is -2.16. The molecule has 0 atom stereocenters. The van der Waals surface area contributed by atoms with E-state index in [0.29, 0.717) is 6.54 Å². The Hall–Kier alpha value is -1.86. The molecule has 0 N–H and O–H groups in total. The van der Waals surface area contributed by atoms with Gasteiger partial charge in [0.05, 0.1) is 12.5 Å². The lowest BCUT2D eigenvalue weighted by molar-refractivity contribution is 0.317. The van der Waals surface area contributed by atoms with Crippen molar-refractivity contribution in [2.45, 2.75) is 13.1 Å². The van der Waals surface area contributed by atoms with Gasteiger partial charge in [-0.05, 0) is 30.8 Å². The fraction of sp³-hybridized carbons (Fsp3) is 0.231. The third-order valence-electron chi connectivity index (χ3n) is 2.60. The van der Waals surface area contributed by atoms with Gasteiger partial charge in [-0.3, -0.25) is 4.90 Å². The Morgan fingerprint density at radius 2 is 1.80 bits per heavy atom. The Morgan fingerprint density at radius 1 is 1.15 bits per heavy atom. The molecule has 0 aliphatic heterocycles. The van der Waals surface area contributed by atoms with Crippen LogP contribution in [0, 0.1) is 0 Å². The monoisotopic (exact) mass is 299 g/mol. The second-order valence-electron chi connectivity index (χ2n) is 4.42. The standard InChI is InChI=1S/C13H14FNO4S/c1-15(9-12-6-7-18-10-12)8-11-2-4-13(5-3-11)19-20(14,16)17/h2-7,10H,8-9H2,1H3. The van der Waals surface area contributed by atoms with Crippen LogP contribution in [0.5, 0.6) is 5.75 Å². The lowest BCUT2D eigenvalue weighted by Gasteiger charge is -2.15. The van der Waals surface area contributed by atoms with E-state index < -0.39 is 10.5 Å². The molecule has 0 aliphatic rings. The topological polar surface area (TPSA) is 59.8 Å². The molecule has 0 fully saturated rings. The van der Waals surface area contributed by atoms with Gasteiger partial charge in [-0.2, -0.15) is 8.42 Å². The minimum atomic E-state index is -4.97. The van der Waals surface area contributed by atoms with Crippen LogP contribution in [0.25, 0.3) is 0 Å². The normalized spacial score (nSPS) is 11.8. The van der Waals surface area contributed by atoms with Gasteiger partial charge >= 0.3 is 10.5 Å². The molecular weight excluding hydrogens is 285 g/mol. The molecule has 5 nitrogen and oxygen atoms in total. The number of nitrogens with zero attached hydrogens (tertiary/aromatic N) is 1. The van der Waals surface area contributed by atoms with E-state index in [1.165, 1.54) is 12.1 Å². The minimum Gasteiger partial charge on any atom is -0.472 e. The first-order valence-electron chi connectivity index (χ1n) is 5.85. The number of halogens is 1. The van der Waals surface area contributed by atoms with Crippen LogP contribution in [0.15, 0.2) is 47.3 Å². The maximum atomic E-state index is 12.3. The highest BCUT2D eigenvalue weighted by molar-refractivity contribution is 7.81. The van der Waals surface area contributed by atoms with Crippen molar-refractivity contribution in [1.29, 1.82) is 0 Å². The number of furan rings is 1. The van der Waals surface area contributed by atoms with E-state index >= 15 is 0 Å². The van der Waals surface area contributed by atoms with Gasteiger partial charge in [0, 0.05) is 18.7 Å². The maximum Gasteiger partial charge on any atom is 0.488 e. The number of hydrogen-bond donors (Lipinski definition) is 0. The maximum absolute atomic E-state index is 12.3. The first-order chi connectivity index (χ1) is 9.42. The summed E-state index contributed by atoms with van der Waals surface area (Å²) in [5, 5.41) is 0. The molecule has 2 rings (SSSR count). The largest absolute Gasteiger partial charge is 0.488 e. The Bertz CT molecular complexity index is 638. The predicted octanol–water partition coefficient (Wildman–Crippen LogP) is 2.50. The van der Waals surface area contributed by atoms with Crippen molar-refractivity contribution in [1.82, 2.24) is 4.90 Å². The van der Waals surface area contributed by atoms with E-state index in [2.05, 4.69) is 9.08 Å². The quantitative estimate of drug-likeness (QED) is 0.767. The van der Waals surface area contributed by atoms with Gasteiger partial charge in [0.1, 0.15) is 5.75 Å². The molecule has 1 aromatic carbocycles. The SMILES string of the molecule is CN(Cc1ccc(OS(=O)(=O)F)cc1)Cc1ccoc1. The van der Waals surface area contributed by atoms with Crippen LogP contribution < -0.4 is 4.18 Å². The first kappa shape index (κ1) is 14.5. The molecule has 0 radical (unpaired) electrons. The molecule has 7 heteroatoms. The third kappa shape index (κ3) is 4.67. The molecule has 0 spiro atoms. The summed E-state index contributed by atoms with van der Waals surface area (Å²) < 4.78 is 42.1. The number of benzene rings is 1. The van der Waals surface area contributed by atoms with Crippen LogP contribution in [-0.4, -0.2) is 20.4 Å². The van der Waals surface area contributed by atoms with Gasteiger partial charge < -0.3 is 8.60 Å². The van der Waals surface area contributed by atoms with Gasteiger partial charge in [0.25, 0.3) is 0 Å². The van der Waals surface area contributed by atoms with Gasteiger partial charge in [-0.25, -0.2) is 0 Å². The predicted molar refractivity (Wildman–Crippen MR) is 71.0 cm³/mol. The van der Waals surface area contributed by atoms with Crippen molar-refractivity contribution in [2.75, 3.05) is 7.05 Å². The summed E-state index contributed by atoms with van der Waals surface area (Å²) in [4.78, 5) is 2.06. The minimum absolute atomic E-state index is 0.0475. The first-order valence-corrected chi connectivity index (χ1v) is 7.16. The lowest BCUT2D eigenvalue weighted by atomic mass is 10.2. The third-order valence-corrected chi connectivity index (χ3v) is 3.00. The molecular formula is C13H14FNO4S. The van der Waals surface area contributed by atoms with Gasteiger partial charge in [-0.1, -0.05) is 16.0 Å². The number of hydrogen-bond acceptors (Lipinski definition) is 5. The Morgan fingerprint density at radius 3 is 2.35 bits per heavy atom. The van der Waals surface area contributed by atoms with Crippen molar-refractivity contribution in [3.63, 3.8) is 0 Å². The summed E-state index contributed by atoms with van der Waals surface area (Å²) in [6, 6.07) is 8.09. The van der Waals surface area contributed by atoms with Gasteiger partial charge in [0.15, 0.2) is 0 Å². The van der Waals surface area contributed by atoms with Crippen LogP contribution in [0.1, 0.15) is 11.1 Å². The van der Waals surface area contributed by atoms with E-state index in [1.54, 1.807) is 24.7 Å². The van der Waals surface area contributed by atoms with Gasteiger partial charge in [0.2, 0.25) is 0 Å². The van der Waals surface area contributed by atoms with Crippen molar-refractivity contribution < 1.29 is 20.9 Å². The zero-order chi connectivity index (χ0) is 14.6. The Balaban J connectivity index is 1.93. The highest BCUT2D eigenvalue weighted by Crippen LogP contribution is 2.16. The Kier molecular flexibility index (Phi) is 4.41. The zero-order valence-corrected chi connectivity index (χ0v) is 11.6. The van der Waals surface area contributed by atoms with Crippen LogP contribution in [0.2, 0.25) is 0 Å². The zero-order valence-electron chi connectivity index (χ0n) is 10.8. The van der Waals surface area contributed by atoms with E-state index in [1.807, 2.05) is 13.1 Å². The second-order valence-corrected chi connectivity index (χ2v) is 5.38. The molecule has 0 amide bonds. The van der Waals surface area contributed by atoms with E-state index in [-0.39, 0.29) is 5.75 Å². The number of rotatable bonds is 6. The summed E-state index contributed by atoms with van der Waals surface area (Å²) in [5.74, 6) is -0.0475. The summed E-state index contributed by atoms with van der Waals surface area (Å²) in [6.45, 7) is 1.39. The average molecular weight is 299 g/mol. The molecule has 0 unspecified atom stereocenters. The van der Waals surface area contributed by atoms with Crippen LogP contribution in [-0.2, 0) is 23.6 Å². The van der Waals surface area contributed by atoms with E-state index in [9.17, 15) is 12.3 Å². The molecule has 0 saturated heterocycles. The highest BCUT2D eigenvalue weighted by atomic mass is 32.3. The summed E-state index contributed by atoms with van der Waals surface area (Å²) >= 11 is 0. The molecule has 20 heavy (non-hydrogen) atoms. The van der Waals surface area contributed by atoms with Crippen LogP contribution in [0.3, 0.4) is 0 Å². The fourth-order valence-electron chi connectivity index (χ4n) is 1.83. The summed E-state index contributed by atoms with van der Waals surface area (Å²) in [6.07, 6.45) is 3.30. The molecule has 0 saturated carbocycles. The molecule has 0 aliphatic carbocycles. The van der Waals surface area contributed by atoms with E-state index in [0.717, 1.165) is 17.7 Å². The average Bonchev–Trinajstić information content (AvgIpc) is 2.82. The van der Waals surface area contributed by atoms with Crippen LogP contribution >= 0.6 is 0 Å². The van der Waals surface area contributed by atoms with Crippen molar-refractivity contribution in [3.05, 3.63) is 54.0 Å². The molecule has 0 bridgehead atoms. The molecule has 108 valence electrons. The molecule has 2 aromatic rings. The highest BCUT2D eigenvalue weighted by Gasteiger charge is 2.09. The van der Waals surface area contributed by atoms with E-state index in [4.69, 9.17) is 4.42 Å². The fourth-order valence-corrected chi connectivity index (χ4v) is 2.17. The van der Waals surface area contributed by atoms with Crippen molar-refractivity contribution in [2.24, 2.45) is 0 Å². The van der Waals surface area contributed by atoms with Crippen LogP contribution in [0.4, 0.5) is 3.89 Å². The Labute approximate surface area is 117 Å². The smallest absolute Gasteiger partial charge is 0.472 e. The molecule has 1 aromatic heterocycles. The molecule has 1 heterocycles. The second kappa shape index (κ2) is 6.06. The van der Waals surface area contributed by atoms with Crippen molar-refractivity contribution in [3.8, 4) is 5.75 Å². The van der Waals surface area contributed by atoms with Crippen molar-refractivity contribution >= 4 is 10.5 Å². The summed E-state index contributed by atoms with van der Waals surface area (Å²) in [5.41, 5.74) is 2.02.